The molecule has 0 aliphatic rings. The molecule has 1 amide bonds. The Morgan fingerprint density at radius 2 is 2.10 bits per heavy atom. The number of carbonyl (C=O) groups is 1. The van der Waals surface area contributed by atoms with Crippen molar-refractivity contribution < 1.29 is 4.79 Å². The lowest BCUT2D eigenvalue weighted by Gasteiger charge is -2.20. The van der Waals surface area contributed by atoms with Crippen LogP contribution in [0.3, 0.4) is 0 Å². The summed E-state index contributed by atoms with van der Waals surface area (Å²) < 4.78 is 0. The van der Waals surface area contributed by atoms with Gasteiger partial charge in [-0.15, -0.1) is 0 Å². The molecule has 0 heterocycles. The van der Waals surface area contributed by atoms with Crippen LogP contribution in [0.15, 0.2) is 18.2 Å². The van der Waals surface area contributed by atoms with E-state index < -0.39 is 0 Å². The molecule has 0 radical (unpaired) electrons. The number of hydrogen-bond donors (Lipinski definition) is 2. The zero-order valence-corrected chi connectivity index (χ0v) is 12.8. The summed E-state index contributed by atoms with van der Waals surface area (Å²) >= 11 is 0. The first-order valence-electron chi connectivity index (χ1n) is 7.10. The van der Waals surface area contributed by atoms with Crippen molar-refractivity contribution in [3.05, 3.63) is 34.9 Å². The van der Waals surface area contributed by atoms with Crippen LogP contribution in [0.5, 0.6) is 0 Å². The Morgan fingerprint density at radius 3 is 2.70 bits per heavy atom. The number of amides is 1. The zero-order chi connectivity index (χ0) is 15.1. The van der Waals surface area contributed by atoms with Crippen molar-refractivity contribution in [3.63, 3.8) is 0 Å². The van der Waals surface area contributed by atoms with Crippen LogP contribution >= 0.6 is 0 Å². The molecular weight excluding hydrogens is 248 g/mol. The molecule has 2 unspecified atom stereocenters. The summed E-state index contributed by atoms with van der Waals surface area (Å²) in [7, 11) is 0. The zero-order valence-electron chi connectivity index (χ0n) is 12.8. The maximum absolute atomic E-state index is 12.3. The maximum Gasteiger partial charge on any atom is 0.251 e. The van der Waals surface area contributed by atoms with Crippen LogP contribution in [0.25, 0.3) is 0 Å². The van der Waals surface area contributed by atoms with E-state index in [1.54, 1.807) is 0 Å². The second-order valence-corrected chi connectivity index (χ2v) is 5.13. The molecule has 0 fully saturated rings. The van der Waals surface area contributed by atoms with Gasteiger partial charge < -0.3 is 11.1 Å². The van der Waals surface area contributed by atoms with Crippen molar-refractivity contribution in [2.45, 2.75) is 40.2 Å². The van der Waals surface area contributed by atoms with Crippen molar-refractivity contribution in [1.82, 2.24) is 5.32 Å². The molecule has 108 valence electrons. The van der Waals surface area contributed by atoms with Crippen LogP contribution < -0.4 is 11.1 Å². The number of nitrogens with two attached hydrogens (primary N) is 1. The summed E-state index contributed by atoms with van der Waals surface area (Å²) in [5, 5.41) is 3.06. The highest BCUT2D eigenvalue weighted by Crippen LogP contribution is 2.14. The third-order valence-corrected chi connectivity index (χ3v) is 3.76. The van der Waals surface area contributed by atoms with Gasteiger partial charge in [-0.25, -0.2) is 0 Å². The number of nitrogens with one attached hydrogen (secondary N) is 1. The van der Waals surface area contributed by atoms with Gasteiger partial charge in [-0.3, -0.25) is 4.79 Å². The molecule has 3 heteroatoms. The van der Waals surface area contributed by atoms with Crippen molar-refractivity contribution in [2.24, 2.45) is 11.7 Å². The SMILES string of the molecule is CCC(C)C(C)NC(=O)c1cccc(C#CCN)c1C. The highest BCUT2D eigenvalue weighted by molar-refractivity contribution is 5.96. The fourth-order valence-corrected chi connectivity index (χ4v) is 1.94. The summed E-state index contributed by atoms with van der Waals surface area (Å²) in [5.41, 5.74) is 7.84. The topological polar surface area (TPSA) is 55.1 Å². The first-order chi connectivity index (χ1) is 9.51. The smallest absolute Gasteiger partial charge is 0.251 e. The number of hydrogen-bond acceptors (Lipinski definition) is 2. The Balaban J connectivity index is 2.94. The molecule has 0 aliphatic heterocycles. The molecule has 3 N–H and O–H groups in total. The van der Waals surface area contributed by atoms with Crippen LogP contribution in [0.4, 0.5) is 0 Å². The number of carbonyl (C=O) groups excluding carboxylic acids is 1. The van der Waals surface area contributed by atoms with E-state index >= 15 is 0 Å². The maximum atomic E-state index is 12.3. The minimum absolute atomic E-state index is 0.0355. The van der Waals surface area contributed by atoms with Crippen molar-refractivity contribution in [2.75, 3.05) is 6.54 Å². The Morgan fingerprint density at radius 1 is 1.40 bits per heavy atom. The van der Waals surface area contributed by atoms with Gasteiger partial charge in [0.25, 0.3) is 5.91 Å². The van der Waals surface area contributed by atoms with E-state index in [0.29, 0.717) is 18.0 Å². The molecule has 1 aromatic rings. The number of benzene rings is 1. The van der Waals surface area contributed by atoms with Gasteiger partial charge in [-0.05, 0) is 37.5 Å². The molecule has 3 nitrogen and oxygen atoms in total. The third kappa shape index (κ3) is 4.11. The van der Waals surface area contributed by atoms with Crippen molar-refractivity contribution >= 4 is 5.91 Å². The highest BCUT2D eigenvalue weighted by Gasteiger charge is 2.16. The van der Waals surface area contributed by atoms with Gasteiger partial charge >= 0.3 is 0 Å². The fourth-order valence-electron chi connectivity index (χ4n) is 1.94. The lowest BCUT2D eigenvalue weighted by atomic mass is 9.98. The standard InChI is InChI=1S/C17H24N2O/c1-5-12(2)14(4)19-17(20)16-10-6-8-15(13(16)3)9-7-11-18/h6,8,10,12,14H,5,11,18H2,1-4H3,(H,19,20). The molecule has 0 aliphatic carbocycles. The summed E-state index contributed by atoms with van der Waals surface area (Å²) in [6.45, 7) is 8.55. The minimum atomic E-state index is -0.0355. The van der Waals surface area contributed by atoms with Crippen molar-refractivity contribution in [1.29, 1.82) is 0 Å². The number of rotatable bonds is 4. The molecule has 2 atom stereocenters. The van der Waals surface area contributed by atoms with E-state index in [1.807, 2.05) is 32.0 Å². The molecule has 1 rings (SSSR count). The molecule has 0 aromatic heterocycles. The average molecular weight is 272 g/mol. The quantitative estimate of drug-likeness (QED) is 0.827. The highest BCUT2D eigenvalue weighted by atomic mass is 16.1. The lowest BCUT2D eigenvalue weighted by Crippen LogP contribution is -2.37. The molecule has 0 spiro atoms. The Bertz CT molecular complexity index is 526. The minimum Gasteiger partial charge on any atom is -0.349 e. The molecule has 20 heavy (non-hydrogen) atoms. The second-order valence-electron chi connectivity index (χ2n) is 5.13. The van der Waals surface area contributed by atoms with E-state index in [2.05, 4.69) is 31.0 Å². The second kappa shape index (κ2) is 7.72. The van der Waals surface area contributed by atoms with Gasteiger partial charge in [-0.1, -0.05) is 38.2 Å². The Kier molecular flexibility index (Phi) is 6.27. The molecular formula is C17H24N2O. The third-order valence-electron chi connectivity index (χ3n) is 3.76. The van der Waals surface area contributed by atoms with Gasteiger partial charge in [-0.2, -0.15) is 0 Å². The van der Waals surface area contributed by atoms with Gasteiger partial charge in [0, 0.05) is 17.2 Å². The summed E-state index contributed by atoms with van der Waals surface area (Å²) in [4.78, 5) is 12.3. The van der Waals surface area contributed by atoms with Crippen molar-refractivity contribution in [3.8, 4) is 11.8 Å². The predicted octanol–water partition coefficient (Wildman–Crippen LogP) is 2.47. The summed E-state index contributed by atoms with van der Waals surface area (Å²) in [6.07, 6.45) is 1.04. The summed E-state index contributed by atoms with van der Waals surface area (Å²) in [5.74, 6) is 6.25. The van der Waals surface area contributed by atoms with Gasteiger partial charge in [0.15, 0.2) is 0 Å². The lowest BCUT2D eigenvalue weighted by molar-refractivity contribution is 0.0927. The van der Waals surface area contributed by atoms with E-state index in [1.165, 1.54) is 0 Å². The normalized spacial score (nSPS) is 13.1. The van der Waals surface area contributed by atoms with Gasteiger partial charge in [0.2, 0.25) is 0 Å². The molecule has 1 aromatic carbocycles. The first-order valence-corrected chi connectivity index (χ1v) is 7.10. The Labute approximate surface area is 121 Å². The largest absolute Gasteiger partial charge is 0.349 e. The van der Waals surface area contributed by atoms with E-state index in [0.717, 1.165) is 17.5 Å². The molecule has 0 saturated heterocycles. The summed E-state index contributed by atoms with van der Waals surface area (Å²) in [6, 6.07) is 5.76. The first kappa shape index (κ1) is 16.3. The predicted molar refractivity (Wildman–Crippen MR) is 83.5 cm³/mol. The van der Waals surface area contributed by atoms with Crippen LogP contribution in [0.2, 0.25) is 0 Å². The van der Waals surface area contributed by atoms with E-state index in [9.17, 15) is 4.79 Å². The van der Waals surface area contributed by atoms with Crippen LogP contribution in [-0.2, 0) is 0 Å². The average Bonchev–Trinajstić information content (AvgIpc) is 2.45. The van der Waals surface area contributed by atoms with Gasteiger partial charge in [0.05, 0.1) is 6.54 Å². The van der Waals surface area contributed by atoms with Gasteiger partial charge in [0.1, 0.15) is 0 Å². The Hall–Kier alpha value is -1.79. The van der Waals surface area contributed by atoms with Crippen LogP contribution in [0.1, 0.15) is 48.7 Å². The molecule has 0 saturated carbocycles. The van der Waals surface area contributed by atoms with Crippen LogP contribution in [-0.4, -0.2) is 18.5 Å². The van der Waals surface area contributed by atoms with Crippen LogP contribution in [0, 0.1) is 24.7 Å². The monoisotopic (exact) mass is 272 g/mol. The molecule has 0 bridgehead atoms. The van der Waals surface area contributed by atoms with E-state index in [4.69, 9.17) is 5.73 Å². The van der Waals surface area contributed by atoms with E-state index in [-0.39, 0.29) is 11.9 Å². The fraction of sp³-hybridized carbons (Fsp3) is 0.471.